The lowest BCUT2D eigenvalue weighted by Crippen LogP contribution is -2.29. The average Bonchev–Trinajstić information content (AvgIpc) is 2.25. The Kier molecular flexibility index (Phi) is 6.30. The molecule has 98 valence electrons. The van der Waals surface area contributed by atoms with Gasteiger partial charge in [0.1, 0.15) is 11.8 Å². The van der Waals surface area contributed by atoms with Gasteiger partial charge in [-0.25, -0.2) is 4.79 Å². The van der Waals surface area contributed by atoms with Crippen LogP contribution in [0.15, 0.2) is 11.8 Å². The van der Waals surface area contributed by atoms with Gasteiger partial charge < -0.3 is 9.47 Å². The van der Waals surface area contributed by atoms with E-state index in [4.69, 9.17) is 0 Å². The zero-order valence-electron chi connectivity index (χ0n) is 9.47. The van der Waals surface area contributed by atoms with Crippen molar-refractivity contribution in [3.05, 3.63) is 11.8 Å². The molecule has 0 saturated heterocycles. The molecule has 0 aliphatic carbocycles. The molecule has 0 atom stereocenters. The summed E-state index contributed by atoms with van der Waals surface area (Å²) >= 11 is 0. The van der Waals surface area contributed by atoms with E-state index < -0.39 is 23.5 Å². The molecule has 0 amide bonds. The topological polar surface area (TPSA) is 52.6 Å². The van der Waals surface area contributed by atoms with Gasteiger partial charge in [-0.3, -0.25) is 4.79 Å². The third-order valence-corrected chi connectivity index (χ3v) is 1.53. The van der Waals surface area contributed by atoms with Gasteiger partial charge in [0.05, 0.1) is 13.2 Å². The Morgan fingerprint density at radius 3 is 2.24 bits per heavy atom. The van der Waals surface area contributed by atoms with Crippen molar-refractivity contribution in [2.24, 2.45) is 0 Å². The van der Waals surface area contributed by atoms with Crippen LogP contribution in [0.2, 0.25) is 0 Å². The molecule has 0 heterocycles. The maximum absolute atomic E-state index is 12.2. The number of alkyl halides is 3. The molecule has 0 aromatic rings. The minimum absolute atomic E-state index is 0.0374. The lowest BCUT2D eigenvalue weighted by Gasteiger charge is -2.09. The van der Waals surface area contributed by atoms with E-state index in [-0.39, 0.29) is 13.2 Å². The second kappa shape index (κ2) is 6.93. The number of hydrogen-bond acceptors (Lipinski definition) is 4. The maximum atomic E-state index is 12.2. The van der Waals surface area contributed by atoms with Crippen LogP contribution >= 0.6 is 0 Å². The summed E-state index contributed by atoms with van der Waals surface area (Å²) in [4.78, 5) is 22.1. The Balaban J connectivity index is 4.89. The molecular weight excluding hydrogens is 241 g/mol. The average molecular weight is 254 g/mol. The van der Waals surface area contributed by atoms with Crippen LogP contribution in [0.3, 0.4) is 0 Å². The van der Waals surface area contributed by atoms with Crippen LogP contribution in [0.25, 0.3) is 0 Å². The van der Waals surface area contributed by atoms with E-state index in [0.29, 0.717) is 12.7 Å². The standard InChI is InChI=1S/C10H13F3O4/c1-3-5-17-9(15)7(6-16-4-2)8(14)10(11,12)13/h6H,3-5H2,1-2H3. The maximum Gasteiger partial charge on any atom is 0.455 e. The molecule has 7 heteroatoms. The Morgan fingerprint density at radius 2 is 1.82 bits per heavy atom. The quantitative estimate of drug-likeness (QED) is 0.239. The number of esters is 1. The van der Waals surface area contributed by atoms with E-state index in [2.05, 4.69) is 9.47 Å². The number of rotatable bonds is 6. The second-order valence-corrected chi connectivity index (χ2v) is 2.95. The lowest BCUT2D eigenvalue weighted by atomic mass is 10.2. The second-order valence-electron chi connectivity index (χ2n) is 2.95. The fraction of sp³-hybridized carbons (Fsp3) is 0.600. The summed E-state index contributed by atoms with van der Waals surface area (Å²) in [5.74, 6) is -3.60. The van der Waals surface area contributed by atoms with E-state index in [9.17, 15) is 22.8 Å². The first-order valence-corrected chi connectivity index (χ1v) is 4.95. The molecule has 0 aromatic carbocycles. The number of ether oxygens (including phenoxy) is 2. The highest BCUT2D eigenvalue weighted by molar-refractivity contribution is 6.19. The number of Topliss-reactive ketones (excluding diaryl/α,β-unsaturated/α-hetero) is 1. The molecule has 0 fully saturated rings. The lowest BCUT2D eigenvalue weighted by molar-refractivity contribution is -0.169. The van der Waals surface area contributed by atoms with E-state index in [1.807, 2.05) is 0 Å². The summed E-state index contributed by atoms with van der Waals surface area (Å²) in [6.07, 6.45) is -4.21. The molecule has 0 spiro atoms. The molecule has 17 heavy (non-hydrogen) atoms. The Hall–Kier alpha value is -1.53. The van der Waals surface area contributed by atoms with Crippen LogP contribution < -0.4 is 0 Å². The Morgan fingerprint density at radius 1 is 1.24 bits per heavy atom. The summed E-state index contributed by atoms with van der Waals surface area (Å²) in [5, 5.41) is 0. The predicted molar refractivity (Wildman–Crippen MR) is 52.0 cm³/mol. The first-order valence-electron chi connectivity index (χ1n) is 4.95. The third kappa shape index (κ3) is 5.37. The summed E-state index contributed by atoms with van der Waals surface area (Å²) in [7, 11) is 0. The monoisotopic (exact) mass is 254 g/mol. The molecule has 0 unspecified atom stereocenters. The number of halogens is 3. The van der Waals surface area contributed by atoms with Gasteiger partial charge in [0, 0.05) is 0 Å². The summed E-state index contributed by atoms with van der Waals surface area (Å²) < 4.78 is 45.5. The van der Waals surface area contributed by atoms with Crippen LogP contribution in [-0.2, 0) is 19.1 Å². The van der Waals surface area contributed by atoms with Gasteiger partial charge in [0.15, 0.2) is 0 Å². The van der Waals surface area contributed by atoms with Crippen molar-refractivity contribution < 1.29 is 32.2 Å². The van der Waals surface area contributed by atoms with Crippen LogP contribution in [0.5, 0.6) is 0 Å². The van der Waals surface area contributed by atoms with Crippen molar-refractivity contribution in [1.82, 2.24) is 0 Å². The van der Waals surface area contributed by atoms with Crippen molar-refractivity contribution in [2.45, 2.75) is 26.4 Å². The number of carbonyl (C=O) groups excluding carboxylic acids is 2. The molecule has 0 rings (SSSR count). The van der Waals surface area contributed by atoms with Gasteiger partial charge in [-0.2, -0.15) is 13.2 Å². The van der Waals surface area contributed by atoms with Gasteiger partial charge in [-0.05, 0) is 13.3 Å². The van der Waals surface area contributed by atoms with Gasteiger partial charge >= 0.3 is 12.1 Å². The van der Waals surface area contributed by atoms with Crippen molar-refractivity contribution >= 4 is 11.8 Å². The number of carbonyl (C=O) groups is 2. The third-order valence-electron chi connectivity index (χ3n) is 1.53. The zero-order valence-corrected chi connectivity index (χ0v) is 9.47. The van der Waals surface area contributed by atoms with E-state index in [1.54, 1.807) is 6.92 Å². The molecular formula is C10H13F3O4. The van der Waals surface area contributed by atoms with Crippen LogP contribution in [-0.4, -0.2) is 31.1 Å². The number of hydrogen-bond donors (Lipinski definition) is 0. The summed E-state index contributed by atoms with van der Waals surface area (Å²) in [6.45, 7) is 3.15. The molecule has 0 aromatic heterocycles. The van der Waals surface area contributed by atoms with Crippen LogP contribution in [0, 0.1) is 0 Å². The van der Waals surface area contributed by atoms with Crippen LogP contribution in [0.4, 0.5) is 13.2 Å². The highest BCUT2D eigenvalue weighted by Gasteiger charge is 2.44. The first kappa shape index (κ1) is 15.5. The molecule has 0 aliphatic heterocycles. The molecule has 4 nitrogen and oxygen atoms in total. The minimum atomic E-state index is -5.13. The van der Waals surface area contributed by atoms with Gasteiger partial charge in [-0.1, -0.05) is 6.92 Å². The molecule has 0 aliphatic rings. The highest BCUT2D eigenvalue weighted by Crippen LogP contribution is 2.21. The van der Waals surface area contributed by atoms with Gasteiger partial charge in [0.2, 0.25) is 0 Å². The normalized spacial score (nSPS) is 12.2. The van der Waals surface area contributed by atoms with E-state index in [1.165, 1.54) is 6.92 Å². The molecule has 0 radical (unpaired) electrons. The largest absolute Gasteiger partial charge is 0.500 e. The predicted octanol–water partition coefficient (Wildman–Crippen LogP) is 1.99. The minimum Gasteiger partial charge on any atom is -0.500 e. The Bertz CT molecular complexity index is 307. The van der Waals surface area contributed by atoms with Crippen LogP contribution in [0.1, 0.15) is 20.3 Å². The fourth-order valence-corrected chi connectivity index (χ4v) is 0.786. The highest BCUT2D eigenvalue weighted by atomic mass is 19.4. The van der Waals surface area contributed by atoms with Crippen molar-refractivity contribution in [1.29, 1.82) is 0 Å². The molecule has 0 bridgehead atoms. The van der Waals surface area contributed by atoms with E-state index in [0.717, 1.165) is 0 Å². The summed E-state index contributed by atoms with van der Waals surface area (Å²) in [5.41, 5.74) is -1.15. The van der Waals surface area contributed by atoms with Gasteiger partial charge in [0.25, 0.3) is 5.78 Å². The van der Waals surface area contributed by atoms with E-state index >= 15 is 0 Å². The molecule has 0 saturated carbocycles. The first-order chi connectivity index (χ1) is 7.84. The van der Waals surface area contributed by atoms with Crippen molar-refractivity contribution in [3.8, 4) is 0 Å². The van der Waals surface area contributed by atoms with Crippen molar-refractivity contribution in [2.75, 3.05) is 13.2 Å². The van der Waals surface area contributed by atoms with Gasteiger partial charge in [-0.15, -0.1) is 0 Å². The number of ketones is 1. The smallest absolute Gasteiger partial charge is 0.455 e. The summed E-state index contributed by atoms with van der Waals surface area (Å²) in [6, 6.07) is 0. The Labute approximate surface area is 96.4 Å². The SMILES string of the molecule is CCCOC(=O)C(=COCC)C(=O)C(F)(F)F. The zero-order chi connectivity index (χ0) is 13.5. The van der Waals surface area contributed by atoms with Crippen molar-refractivity contribution in [3.63, 3.8) is 0 Å². The molecule has 0 N–H and O–H groups in total. The fourth-order valence-electron chi connectivity index (χ4n) is 0.786.